The van der Waals surface area contributed by atoms with Crippen LogP contribution in [0.3, 0.4) is 0 Å². The SMILES string of the molecule is CO[C@@H]1C[C@H]2[C@@H]3CC[C@H]([C@H](C)CS)[C@@]3(C)CC[C@@H]2[C@@]2(C)CC[C@H]3C[C@]312. The second-order valence-electron chi connectivity index (χ2n) is 11.1. The van der Waals surface area contributed by atoms with Gasteiger partial charge in [0.1, 0.15) is 0 Å². The average molecular weight is 363 g/mol. The van der Waals surface area contributed by atoms with Gasteiger partial charge < -0.3 is 4.74 Å². The number of hydrogen-bond donors (Lipinski definition) is 1. The van der Waals surface area contributed by atoms with Gasteiger partial charge in [-0.2, -0.15) is 12.6 Å². The fraction of sp³-hybridized carbons (Fsp3) is 1.00. The van der Waals surface area contributed by atoms with Crippen molar-refractivity contribution in [1.29, 1.82) is 0 Å². The zero-order chi connectivity index (χ0) is 17.6. The molecule has 5 aliphatic rings. The lowest BCUT2D eigenvalue weighted by molar-refractivity contribution is -0.160. The highest BCUT2D eigenvalue weighted by atomic mass is 32.1. The molecule has 10 atom stereocenters. The van der Waals surface area contributed by atoms with Crippen molar-refractivity contribution in [3.8, 4) is 0 Å². The summed E-state index contributed by atoms with van der Waals surface area (Å²) in [5.74, 6) is 6.59. The van der Waals surface area contributed by atoms with E-state index in [-0.39, 0.29) is 0 Å². The standard InChI is InChI=1S/C23H38OS/c1-14(13-25)17-5-6-18-16-11-20(24-4)23-12-15(23)7-10-22(23,3)19(16)8-9-21(17,18)2/h14-20,25H,5-13H2,1-4H3/t14-,15+,16+,17-,18+,19+,20-,21-,22-,23+/m1/s1. The van der Waals surface area contributed by atoms with Crippen LogP contribution in [0.5, 0.6) is 0 Å². The molecule has 0 heterocycles. The van der Waals surface area contributed by atoms with Crippen LogP contribution in [0.15, 0.2) is 0 Å². The molecule has 0 aromatic carbocycles. The molecule has 2 heteroatoms. The average Bonchev–Trinajstić information content (AvgIpc) is 3.12. The topological polar surface area (TPSA) is 9.23 Å². The smallest absolute Gasteiger partial charge is 0.0638 e. The molecule has 0 aromatic heterocycles. The van der Waals surface area contributed by atoms with E-state index in [0.717, 1.165) is 41.3 Å². The molecule has 0 amide bonds. The number of ether oxygens (including phenoxy) is 1. The van der Waals surface area contributed by atoms with Crippen LogP contribution in [0, 0.1) is 51.8 Å². The Morgan fingerprint density at radius 2 is 1.88 bits per heavy atom. The van der Waals surface area contributed by atoms with E-state index in [1.807, 2.05) is 7.11 Å². The number of fused-ring (bicyclic) bond motifs is 4. The second kappa shape index (κ2) is 5.43. The van der Waals surface area contributed by atoms with E-state index in [2.05, 4.69) is 33.4 Å². The van der Waals surface area contributed by atoms with Gasteiger partial charge in [0.15, 0.2) is 0 Å². The maximum absolute atomic E-state index is 6.23. The Balaban J connectivity index is 1.49. The van der Waals surface area contributed by atoms with Crippen LogP contribution in [0.25, 0.3) is 0 Å². The molecule has 0 aromatic rings. The van der Waals surface area contributed by atoms with Crippen molar-refractivity contribution in [2.75, 3.05) is 12.9 Å². The summed E-state index contributed by atoms with van der Waals surface area (Å²) in [4.78, 5) is 0. The van der Waals surface area contributed by atoms with Gasteiger partial charge in [-0.15, -0.1) is 0 Å². The Bertz CT molecular complexity index is 562. The predicted molar refractivity (Wildman–Crippen MR) is 107 cm³/mol. The lowest BCUT2D eigenvalue weighted by Gasteiger charge is -2.61. The van der Waals surface area contributed by atoms with Gasteiger partial charge in [-0.1, -0.05) is 20.8 Å². The fourth-order valence-corrected chi connectivity index (χ4v) is 9.94. The Morgan fingerprint density at radius 1 is 1.08 bits per heavy atom. The Hall–Kier alpha value is 0.310. The number of methoxy groups -OCH3 is 1. The third kappa shape index (κ3) is 1.92. The van der Waals surface area contributed by atoms with Crippen LogP contribution in [-0.4, -0.2) is 19.0 Å². The molecular weight excluding hydrogens is 324 g/mol. The van der Waals surface area contributed by atoms with E-state index in [1.54, 1.807) is 0 Å². The summed E-state index contributed by atoms with van der Waals surface area (Å²) in [6, 6.07) is 0. The lowest BCUT2D eigenvalue weighted by Crippen LogP contribution is -2.57. The minimum Gasteiger partial charge on any atom is -0.381 e. The summed E-state index contributed by atoms with van der Waals surface area (Å²) < 4.78 is 6.23. The largest absolute Gasteiger partial charge is 0.381 e. The first-order chi connectivity index (χ1) is 11.9. The molecule has 0 bridgehead atoms. The van der Waals surface area contributed by atoms with Gasteiger partial charge in [-0.25, -0.2) is 0 Å². The molecular formula is C23H38OS. The van der Waals surface area contributed by atoms with Gasteiger partial charge >= 0.3 is 0 Å². The fourth-order valence-electron chi connectivity index (χ4n) is 9.68. The first-order valence-electron chi connectivity index (χ1n) is 11.1. The quantitative estimate of drug-likeness (QED) is 0.621. The maximum Gasteiger partial charge on any atom is 0.0638 e. The molecule has 0 saturated heterocycles. The van der Waals surface area contributed by atoms with Crippen LogP contribution >= 0.6 is 12.6 Å². The summed E-state index contributed by atoms with van der Waals surface area (Å²) in [6.07, 6.45) is 12.3. The van der Waals surface area contributed by atoms with E-state index >= 15 is 0 Å². The maximum atomic E-state index is 6.23. The molecule has 1 nitrogen and oxygen atoms in total. The molecule has 0 aliphatic heterocycles. The van der Waals surface area contributed by atoms with Crippen molar-refractivity contribution in [2.45, 2.75) is 78.2 Å². The number of hydrogen-bond acceptors (Lipinski definition) is 2. The predicted octanol–water partition coefficient (Wildman–Crippen LogP) is 5.84. The van der Waals surface area contributed by atoms with Crippen molar-refractivity contribution in [3.63, 3.8) is 0 Å². The highest BCUT2D eigenvalue weighted by Crippen LogP contribution is 2.82. The van der Waals surface area contributed by atoms with Crippen molar-refractivity contribution >= 4 is 12.6 Å². The molecule has 0 unspecified atom stereocenters. The molecule has 5 fully saturated rings. The molecule has 5 rings (SSSR count). The van der Waals surface area contributed by atoms with Crippen LogP contribution in [0.1, 0.15) is 72.1 Å². The zero-order valence-electron chi connectivity index (χ0n) is 16.8. The van der Waals surface area contributed by atoms with Gasteiger partial charge in [0, 0.05) is 12.5 Å². The summed E-state index contributed by atoms with van der Waals surface area (Å²) in [5, 5.41) is 0. The Kier molecular flexibility index (Phi) is 3.78. The normalized spacial score (nSPS) is 60.4. The molecule has 5 aliphatic carbocycles. The highest BCUT2D eigenvalue weighted by molar-refractivity contribution is 7.80. The minimum atomic E-state index is 0.551. The van der Waals surface area contributed by atoms with Gasteiger partial charge in [-0.3, -0.25) is 0 Å². The van der Waals surface area contributed by atoms with Crippen LogP contribution in [-0.2, 0) is 4.74 Å². The van der Waals surface area contributed by atoms with E-state index in [4.69, 9.17) is 4.74 Å². The lowest BCUT2D eigenvalue weighted by atomic mass is 9.45. The summed E-state index contributed by atoms with van der Waals surface area (Å²) in [6.45, 7) is 7.81. The molecule has 0 N–H and O–H groups in total. The second-order valence-corrected chi connectivity index (χ2v) is 11.5. The number of thiol groups is 1. The molecule has 25 heavy (non-hydrogen) atoms. The highest BCUT2D eigenvalue weighted by Gasteiger charge is 2.77. The molecule has 5 saturated carbocycles. The van der Waals surface area contributed by atoms with Crippen LogP contribution in [0.2, 0.25) is 0 Å². The first kappa shape index (κ1) is 17.4. The van der Waals surface area contributed by atoms with Crippen molar-refractivity contribution in [3.05, 3.63) is 0 Å². The monoisotopic (exact) mass is 362 g/mol. The third-order valence-electron chi connectivity index (χ3n) is 10.9. The third-order valence-corrected chi connectivity index (χ3v) is 11.5. The van der Waals surface area contributed by atoms with E-state index in [1.165, 1.54) is 51.4 Å². The van der Waals surface area contributed by atoms with E-state index < -0.39 is 0 Å². The van der Waals surface area contributed by atoms with Crippen molar-refractivity contribution in [2.24, 2.45) is 51.8 Å². The van der Waals surface area contributed by atoms with Crippen LogP contribution < -0.4 is 0 Å². The summed E-state index contributed by atoms with van der Waals surface area (Å²) in [7, 11) is 2.01. The van der Waals surface area contributed by atoms with E-state index in [0.29, 0.717) is 22.3 Å². The molecule has 1 spiro atoms. The zero-order valence-corrected chi connectivity index (χ0v) is 17.7. The van der Waals surface area contributed by atoms with Crippen molar-refractivity contribution < 1.29 is 4.74 Å². The summed E-state index contributed by atoms with van der Waals surface area (Å²) >= 11 is 4.67. The minimum absolute atomic E-state index is 0.551. The Labute approximate surface area is 160 Å². The molecule has 142 valence electrons. The van der Waals surface area contributed by atoms with Gasteiger partial charge in [0.2, 0.25) is 0 Å². The van der Waals surface area contributed by atoms with Crippen molar-refractivity contribution in [1.82, 2.24) is 0 Å². The summed E-state index contributed by atoms with van der Waals surface area (Å²) in [5.41, 5.74) is 1.73. The first-order valence-corrected chi connectivity index (χ1v) is 11.7. The van der Waals surface area contributed by atoms with Crippen LogP contribution in [0.4, 0.5) is 0 Å². The molecule has 0 radical (unpaired) electrons. The number of rotatable bonds is 3. The van der Waals surface area contributed by atoms with Gasteiger partial charge in [0.05, 0.1) is 6.10 Å². The Morgan fingerprint density at radius 3 is 2.56 bits per heavy atom. The van der Waals surface area contributed by atoms with Gasteiger partial charge in [-0.05, 0) is 103 Å². The van der Waals surface area contributed by atoms with Gasteiger partial charge in [0.25, 0.3) is 0 Å². The van der Waals surface area contributed by atoms with E-state index in [9.17, 15) is 0 Å².